The van der Waals surface area contributed by atoms with Gasteiger partial charge in [-0.2, -0.15) is 0 Å². The van der Waals surface area contributed by atoms with Crippen molar-refractivity contribution >= 4 is 39.8 Å². The summed E-state index contributed by atoms with van der Waals surface area (Å²) >= 11 is 7.88. The van der Waals surface area contributed by atoms with E-state index in [-0.39, 0.29) is 12.2 Å². The molecule has 0 aliphatic carbocycles. The van der Waals surface area contributed by atoms with Crippen LogP contribution in [0.2, 0.25) is 5.02 Å². The van der Waals surface area contributed by atoms with Crippen LogP contribution in [0.5, 0.6) is 0 Å². The molecular weight excluding hydrogens is 516 g/mol. The van der Waals surface area contributed by atoms with Crippen LogP contribution < -0.4 is 16.4 Å². The number of anilines is 1. The quantitative estimate of drug-likeness (QED) is 0.336. The molecule has 4 N–H and O–H groups in total. The van der Waals surface area contributed by atoms with Crippen molar-refractivity contribution in [1.82, 2.24) is 10.3 Å². The molecule has 0 radical (unpaired) electrons. The highest BCUT2D eigenvalue weighted by atomic mass is 35.5. The Morgan fingerprint density at radius 1 is 1.30 bits per heavy atom. The van der Waals surface area contributed by atoms with Crippen LogP contribution in [-0.4, -0.2) is 48.2 Å². The van der Waals surface area contributed by atoms with Crippen LogP contribution in [0.3, 0.4) is 0 Å². The fourth-order valence-electron chi connectivity index (χ4n) is 4.06. The van der Waals surface area contributed by atoms with E-state index in [1.54, 1.807) is 20.0 Å². The molecule has 0 bridgehead atoms. The molecule has 0 saturated carbocycles. The van der Waals surface area contributed by atoms with Crippen molar-refractivity contribution in [2.75, 3.05) is 25.1 Å². The number of oxazole rings is 1. The van der Waals surface area contributed by atoms with E-state index in [4.69, 9.17) is 31.2 Å². The van der Waals surface area contributed by atoms with E-state index < -0.39 is 17.4 Å². The molecule has 2 aromatic heterocycles. The number of benzene rings is 1. The number of hydrogen-bond donors (Lipinski definition) is 3. The van der Waals surface area contributed by atoms with Gasteiger partial charge in [0.15, 0.2) is 0 Å². The lowest BCUT2D eigenvalue weighted by Crippen LogP contribution is -2.53. The zero-order valence-corrected chi connectivity index (χ0v) is 22.6. The first-order valence-electron chi connectivity index (χ1n) is 12.0. The number of primary amides is 1. The maximum Gasteiger partial charge on any atom is 0.255 e. The molecule has 1 saturated heterocycles. The molecule has 1 fully saturated rings. The molecule has 11 heteroatoms. The Morgan fingerprint density at radius 2 is 2.03 bits per heavy atom. The number of amides is 2. The van der Waals surface area contributed by atoms with Gasteiger partial charge in [-0.1, -0.05) is 29.8 Å². The lowest BCUT2D eigenvalue weighted by Gasteiger charge is -2.29. The number of nitrogens with one attached hydrogen (secondary N) is 2. The minimum atomic E-state index is -1.24. The van der Waals surface area contributed by atoms with Gasteiger partial charge >= 0.3 is 0 Å². The summed E-state index contributed by atoms with van der Waals surface area (Å²) in [6.07, 6.45) is 4.28. The second-order valence-electron chi connectivity index (χ2n) is 9.38. The number of halogens is 1. The summed E-state index contributed by atoms with van der Waals surface area (Å²) in [6.45, 7) is 6.59. The first-order valence-corrected chi connectivity index (χ1v) is 13.2. The summed E-state index contributed by atoms with van der Waals surface area (Å²) in [5.74, 6) is -0.669. The number of carbonyl (C=O) groups excluding carboxylic acids is 2. The minimum absolute atomic E-state index is 0.0314. The molecule has 198 valence electrons. The summed E-state index contributed by atoms with van der Waals surface area (Å²) in [4.78, 5) is 30.2. The van der Waals surface area contributed by atoms with Gasteiger partial charge in [-0.25, -0.2) is 4.98 Å². The van der Waals surface area contributed by atoms with Crippen LogP contribution in [0.4, 0.5) is 5.00 Å². The van der Waals surface area contributed by atoms with Crippen LogP contribution in [0.1, 0.15) is 54.3 Å². The summed E-state index contributed by atoms with van der Waals surface area (Å²) in [7, 11) is 0. The average molecular weight is 547 g/mol. The van der Waals surface area contributed by atoms with Gasteiger partial charge in [-0.05, 0) is 45.2 Å². The summed E-state index contributed by atoms with van der Waals surface area (Å²) < 4.78 is 17.5. The zero-order chi connectivity index (χ0) is 26.6. The third kappa shape index (κ3) is 6.32. The first kappa shape index (κ1) is 27.1. The van der Waals surface area contributed by atoms with Crippen LogP contribution in [0, 0.1) is 6.92 Å². The Hall–Kier alpha value is -2.92. The Bertz CT molecular complexity index is 1240. The maximum atomic E-state index is 13.4. The largest absolute Gasteiger partial charge is 0.444 e. The van der Waals surface area contributed by atoms with Crippen molar-refractivity contribution < 1.29 is 23.5 Å². The number of aromatic nitrogens is 1. The summed E-state index contributed by atoms with van der Waals surface area (Å²) in [6, 6.07) is 7.56. The third-order valence-electron chi connectivity index (χ3n) is 6.27. The number of carbonyl (C=O) groups is 2. The Morgan fingerprint density at radius 3 is 2.68 bits per heavy atom. The monoisotopic (exact) mass is 546 g/mol. The number of rotatable bonds is 10. The predicted molar refractivity (Wildman–Crippen MR) is 143 cm³/mol. The van der Waals surface area contributed by atoms with Crippen molar-refractivity contribution in [3.05, 3.63) is 58.4 Å². The number of thiophene rings is 1. The highest BCUT2D eigenvalue weighted by Gasteiger charge is 2.32. The van der Waals surface area contributed by atoms with Gasteiger partial charge in [0.1, 0.15) is 22.9 Å². The van der Waals surface area contributed by atoms with Gasteiger partial charge in [0.05, 0.1) is 22.7 Å². The second kappa shape index (κ2) is 11.6. The fraction of sp³-hybridized carbons (Fsp3) is 0.423. The van der Waals surface area contributed by atoms with Crippen molar-refractivity contribution in [3.8, 4) is 10.8 Å². The molecule has 1 aromatic carbocycles. The number of nitrogens with zero attached hydrogens (tertiary/aromatic N) is 1. The molecule has 2 amide bonds. The number of nitrogens with two attached hydrogens (primary N) is 1. The average Bonchev–Trinajstić information content (AvgIpc) is 3.50. The van der Waals surface area contributed by atoms with Gasteiger partial charge < -0.3 is 30.3 Å². The molecule has 9 nitrogen and oxygen atoms in total. The first-order chi connectivity index (χ1) is 17.7. The van der Waals surface area contributed by atoms with Crippen LogP contribution in [-0.2, 0) is 14.3 Å². The van der Waals surface area contributed by atoms with Gasteiger partial charge in [0, 0.05) is 30.3 Å². The molecule has 37 heavy (non-hydrogen) atoms. The van der Waals surface area contributed by atoms with E-state index in [1.165, 1.54) is 17.6 Å². The van der Waals surface area contributed by atoms with Gasteiger partial charge in [-0.3, -0.25) is 9.59 Å². The second-order valence-corrected chi connectivity index (χ2v) is 10.8. The molecule has 4 rings (SSSR count). The number of hydrogen-bond acceptors (Lipinski definition) is 8. The highest BCUT2D eigenvalue weighted by Crippen LogP contribution is 2.40. The molecule has 0 spiro atoms. The minimum Gasteiger partial charge on any atom is -0.444 e. The zero-order valence-electron chi connectivity index (χ0n) is 21.0. The molecule has 1 aliphatic heterocycles. The van der Waals surface area contributed by atoms with E-state index >= 15 is 0 Å². The summed E-state index contributed by atoms with van der Waals surface area (Å²) in [5, 5.41) is 7.34. The van der Waals surface area contributed by atoms with Crippen LogP contribution >= 0.6 is 22.9 Å². The van der Waals surface area contributed by atoms with Crippen molar-refractivity contribution in [3.63, 3.8) is 0 Å². The maximum absolute atomic E-state index is 13.4. The molecule has 0 unspecified atom stereocenters. The van der Waals surface area contributed by atoms with Crippen LogP contribution in [0.25, 0.3) is 10.8 Å². The van der Waals surface area contributed by atoms with Gasteiger partial charge in [0.2, 0.25) is 11.8 Å². The van der Waals surface area contributed by atoms with Crippen LogP contribution in [0.15, 0.2) is 41.1 Å². The normalized spacial score (nSPS) is 15.4. The topological polar surface area (TPSA) is 129 Å². The van der Waals surface area contributed by atoms with Crippen molar-refractivity contribution in [1.29, 1.82) is 0 Å². The summed E-state index contributed by atoms with van der Waals surface area (Å²) in [5.41, 5.74) is 6.16. The standard InChI is InChI=1S/C26H31ClN4O5S/c1-15-20(22(32)31-26(2,3)25(28)33)24(37-21(15)23-29-10-13-35-23)30-14-19(17-6-4-5-7-18(17)27)36-16-8-11-34-12-9-16/h4-7,10,13,16,19,30H,8-9,11-12,14H2,1-3H3,(H2,28,33)(H,31,32)/t19-/m0/s1. The Labute approximate surface area is 224 Å². The molecule has 1 atom stereocenters. The van der Waals surface area contributed by atoms with E-state index in [2.05, 4.69) is 15.6 Å². The van der Waals surface area contributed by atoms with E-state index in [0.29, 0.717) is 51.7 Å². The predicted octanol–water partition coefficient (Wildman–Crippen LogP) is 4.71. The van der Waals surface area contributed by atoms with Crippen molar-refractivity contribution in [2.24, 2.45) is 5.73 Å². The van der Waals surface area contributed by atoms with Gasteiger partial charge in [0.25, 0.3) is 5.91 Å². The van der Waals surface area contributed by atoms with Gasteiger partial charge in [-0.15, -0.1) is 11.3 Å². The number of ether oxygens (including phenoxy) is 2. The smallest absolute Gasteiger partial charge is 0.255 e. The Kier molecular flexibility index (Phi) is 8.53. The Balaban J connectivity index is 1.65. The van der Waals surface area contributed by atoms with E-state index in [9.17, 15) is 9.59 Å². The lowest BCUT2D eigenvalue weighted by molar-refractivity contribution is -0.122. The molecule has 1 aliphatic rings. The fourth-order valence-corrected chi connectivity index (χ4v) is 5.46. The van der Waals surface area contributed by atoms with E-state index in [1.807, 2.05) is 31.2 Å². The molecule has 3 aromatic rings. The SMILES string of the molecule is Cc1c(-c2ncco2)sc(NC[C@H](OC2CCOCC2)c2ccccc2Cl)c1C(=O)NC(C)(C)C(N)=O. The molecular formula is C26H31ClN4O5S. The van der Waals surface area contributed by atoms with Crippen molar-refractivity contribution in [2.45, 2.75) is 51.4 Å². The highest BCUT2D eigenvalue weighted by molar-refractivity contribution is 7.20. The van der Waals surface area contributed by atoms with E-state index in [0.717, 1.165) is 18.4 Å². The lowest BCUT2D eigenvalue weighted by atomic mass is 10.0. The third-order valence-corrected chi connectivity index (χ3v) is 7.85. The molecule has 3 heterocycles.